The first-order chi connectivity index (χ1) is 23.5. The van der Waals surface area contributed by atoms with Crippen LogP contribution in [-0.2, 0) is 32.6 Å². The van der Waals surface area contributed by atoms with Crippen molar-refractivity contribution in [2.45, 2.75) is 62.0 Å². The predicted molar refractivity (Wildman–Crippen MR) is 199 cm³/mol. The fourth-order valence-electron chi connectivity index (χ4n) is 5.13. The molecule has 49 heavy (non-hydrogen) atoms. The Labute approximate surface area is 303 Å². The van der Waals surface area contributed by atoms with Crippen LogP contribution in [0, 0.1) is 0 Å². The molecule has 4 aromatic rings. The molecule has 260 valence electrons. The van der Waals surface area contributed by atoms with Gasteiger partial charge in [-0.2, -0.15) is 0 Å². The fraction of sp³-hybridized carbons (Fsp3) is 0.297. The SMILES string of the molecule is CCOc1ccc(N(CC(=O)N(Cc2c(Cl)cccc2Cl)[C@@H](Cc2ccccc2)C(=O)N[C@@H](C)CC)S(=O)(=O)c2ccc(SC)cc2)cc1. The molecule has 12 heteroatoms. The number of amides is 2. The second kappa shape index (κ2) is 17.8. The molecular formula is C37H41Cl2N3O5S2. The van der Waals surface area contributed by atoms with Crippen LogP contribution in [0.2, 0.25) is 10.0 Å². The van der Waals surface area contributed by atoms with E-state index in [9.17, 15) is 18.0 Å². The van der Waals surface area contributed by atoms with E-state index in [1.165, 1.54) is 28.8 Å². The maximum absolute atomic E-state index is 14.7. The topological polar surface area (TPSA) is 96.0 Å². The zero-order valence-electron chi connectivity index (χ0n) is 27.9. The highest BCUT2D eigenvalue weighted by Gasteiger charge is 2.35. The zero-order valence-corrected chi connectivity index (χ0v) is 31.1. The first-order valence-electron chi connectivity index (χ1n) is 15.9. The summed E-state index contributed by atoms with van der Waals surface area (Å²) in [6, 6.07) is 26.1. The molecule has 4 rings (SSSR count). The van der Waals surface area contributed by atoms with Gasteiger partial charge in [-0.05, 0) is 92.8 Å². The van der Waals surface area contributed by atoms with E-state index in [0.717, 1.165) is 14.8 Å². The van der Waals surface area contributed by atoms with Gasteiger partial charge >= 0.3 is 0 Å². The lowest BCUT2D eigenvalue weighted by Crippen LogP contribution is -2.54. The number of anilines is 1. The lowest BCUT2D eigenvalue weighted by atomic mass is 10.0. The minimum atomic E-state index is -4.27. The average molecular weight is 743 g/mol. The van der Waals surface area contributed by atoms with Gasteiger partial charge in [-0.25, -0.2) is 8.42 Å². The van der Waals surface area contributed by atoms with E-state index in [1.807, 2.05) is 57.4 Å². The summed E-state index contributed by atoms with van der Waals surface area (Å²) in [4.78, 5) is 31.0. The number of carbonyl (C=O) groups excluding carboxylic acids is 2. The van der Waals surface area contributed by atoms with Crippen LogP contribution in [0.15, 0.2) is 107 Å². The summed E-state index contributed by atoms with van der Waals surface area (Å²) < 4.78 is 35.3. The van der Waals surface area contributed by atoms with E-state index in [-0.39, 0.29) is 35.5 Å². The maximum atomic E-state index is 14.7. The summed E-state index contributed by atoms with van der Waals surface area (Å²) in [7, 11) is -4.27. The van der Waals surface area contributed by atoms with E-state index >= 15 is 0 Å². The van der Waals surface area contributed by atoms with Crippen molar-refractivity contribution in [3.63, 3.8) is 0 Å². The molecule has 0 unspecified atom stereocenters. The van der Waals surface area contributed by atoms with Crippen molar-refractivity contribution in [2.75, 3.05) is 23.7 Å². The number of hydrogen-bond donors (Lipinski definition) is 1. The number of sulfonamides is 1. The molecule has 1 N–H and O–H groups in total. The number of thioether (sulfide) groups is 1. The summed E-state index contributed by atoms with van der Waals surface area (Å²) in [5.74, 6) is -0.439. The first kappa shape index (κ1) is 38.1. The number of nitrogens with one attached hydrogen (secondary N) is 1. The average Bonchev–Trinajstić information content (AvgIpc) is 3.10. The highest BCUT2D eigenvalue weighted by Crippen LogP contribution is 2.30. The van der Waals surface area contributed by atoms with Gasteiger partial charge in [0.25, 0.3) is 10.0 Å². The summed E-state index contributed by atoms with van der Waals surface area (Å²) in [5, 5.41) is 3.66. The normalized spacial score (nSPS) is 12.5. The maximum Gasteiger partial charge on any atom is 0.264 e. The summed E-state index contributed by atoms with van der Waals surface area (Å²) >= 11 is 14.7. The molecule has 0 spiro atoms. The van der Waals surface area contributed by atoms with Crippen molar-refractivity contribution in [1.29, 1.82) is 0 Å². The Bertz CT molecular complexity index is 1790. The van der Waals surface area contributed by atoms with Crippen LogP contribution >= 0.6 is 35.0 Å². The third-order valence-corrected chi connectivity index (χ3v) is 11.3. The number of halogens is 2. The molecule has 2 amide bonds. The van der Waals surface area contributed by atoms with Crippen LogP contribution in [-0.4, -0.2) is 56.6 Å². The first-order valence-corrected chi connectivity index (χ1v) is 19.4. The lowest BCUT2D eigenvalue weighted by molar-refractivity contribution is -0.140. The van der Waals surface area contributed by atoms with Crippen molar-refractivity contribution in [3.05, 3.63) is 118 Å². The summed E-state index contributed by atoms with van der Waals surface area (Å²) in [5.41, 5.74) is 1.52. The highest BCUT2D eigenvalue weighted by molar-refractivity contribution is 7.98. The molecule has 2 atom stereocenters. The Kier molecular flexibility index (Phi) is 13.8. The third kappa shape index (κ3) is 9.94. The second-order valence-electron chi connectivity index (χ2n) is 11.4. The van der Waals surface area contributed by atoms with Crippen LogP contribution in [0.5, 0.6) is 5.75 Å². The predicted octanol–water partition coefficient (Wildman–Crippen LogP) is 7.86. The van der Waals surface area contributed by atoms with E-state index in [1.54, 1.807) is 54.6 Å². The largest absolute Gasteiger partial charge is 0.494 e. The monoisotopic (exact) mass is 741 g/mol. The van der Waals surface area contributed by atoms with Crippen molar-refractivity contribution in [2.24, 2.45) is 0 Å². The zero-order chi connectivity index (χ0) is 35.6. The van der Waals surface area contributed by atoms with Gasteiger partial charge in [-0.1, -0.05) is 66.5 Å². The molecule has 0 bridgehead atoms. The summed E-state index contributed by atoms with van der Waals surface area (Å²) in [6.07, 6.45) is 2.74. The number of ether oxygens (including phenoxy) is 1. The molecule has 0 radical (unpaired) electrons. The molecule has 0 saturated heterocycles. The lowest BCUT2D eigenvalue weighted by Gasteiger charge is -2.34. The Morgan fingerprint density at radius 2 is 1.51 bits per heavy atom. The van der Waals surface area contributed by atoms with E-state index in [2.05, 4.69) is 5.32 Å². The smallest absolute Gasteiger partial charge is 0.264 e. The highest BCUT2D eigenvalue weighted by atomic mass is 35.5. The van der Waals surface area contributed by atoms with E-state index in [0.29, 0.717) is 34.4 Å². The van der Waals surface area contributed by atoms with E-state index in [4.69, 9.17) is 27.9 Å². The molecule has 0 aliphatic heterocycles. The van der Waals surface area contributed by atoms with Gasteiger partial charge in [-0.15, -0.1) is 11.8 Å². The van der Waals surface area contributed by atoms with Gasteiger partial charge in [0.05, 0.1) is 17.2 Å². The van der Waals surface area contributed by atoms with Crippen molar-refractivity contribution < 1.29 is 22.7 Å². The van der Waals surface area contributed by atoms with Gasteiger partial charge < -0.3 is 15.0 Å². The third-order valence-electron chi connectivity index (χ3n) is 8.02. The Hall–Kier alpha value is -3.70. The Morgan fingerprint density at radius 3 is 2.08 bits per heavy atom. The van der Waals surface area contributed by atoms with Crippen LogP contribution < -0.4 is 14.4 Å². The molecule has 8 nitrogen and oxygen atoms in total. The fourth-order valence-corrected chi connectivity index (χ4v) is 7.47. The Balaban J connectivity index is 1.84. The van der Waals surface area contributed by atoms with Crippen LogP contribution in [0.25, 0.3) is 0 Å². The second-order valence-corrected chi connectivity index (χ2v) is 14.9. The number of carbonyl (C=O) groups is 2. The van der Waals surface area contributed by atoms with Crippen molar-refractivity contribution in [3.8, 4) is 5.75 Å². The Morgan fingerprint density at radius 1 is 0.878 bits per heavy atom. The van der Waals surface area contributed by atoms with Crippen LogP contribution in [0.1, 0.15) is 38.3 Å². The number of rotatable bonds is 16. The number of hydrogen-bond acceptors (Lipinski definition) is 6. The molecule has 0 fully saturated rings. The van der Waals surface area contributed by atoms with Crippen LogP contribution in [0.4, 0.5) is 5.69 Å². The summed E-state index contributed by atoms with van der Waals surface area (Å²) in [6.45, 7) is 5.38. The molecular weight excluding hydrogens is 701 g/mol. The van der Waals surface area contributed by atoms with Gasteiger partial charge in [0, 0.05) is 39.5 Å². The quantitative estimate of drug-likeness (QED) is 0.118. The molecule has 4 aromatic carbocycles. The number of nitrogens with zero attached hydrogens (tertiary/aromatic N) is 2. The van der Waals surface area contributed by atoms with Gasteiger partial charge in [-0.3, -0.25) is 13.9 Å². The molecule has 0 heterocycles. The van der Waals surface area contributed by atoms with Crippen molar-refractivity contribution >= 4 is 62.5 Å². The molecule has 0 aliphatic rings. The molecule has 0 aromatic heterocycles. The van der Waals surface area contributed by atoms with Crippen molar-refractivity contribution in [1.82, 2.24) is 10.2 Å². The molecule has 0 aliphatic carbocycles. The number of benzene rings is 4. The standard InChI is InChI=1S/C37H41Cl2N3O5S2/c1-5-26(3)40-37(44)35(23-27-11-8-7-9-12-27)41(24-32-33(38)13-10-14-34(32)39)36(43)25-42(28-15-17-29(18-16-28)47-6-2)49(45,46)31-21-19-30(48-4)20-22-31/h7-22,26,35H,5-6,23-25H2,1-4H3,(H,40,44)/t26-,35-/m0/s1. The van der Waals surface area contributed by atoms with Gasteiger partial charge in [0.2, 0.25) is 11.8 Å². The van der Waals surface area contributed by atoms with Gasteiger partial charge in [0.1, 0.15) is 18.3 Å². The van der Waals surface area contributed by atoms with Gasteiger partial charge in [0.15, 0.2) is 0 Å². The minimum Gasteiger partial charge on any atom is -0.494 e. The van der Waals surface area contributed by atoms with E-state index < -0.39 is 28.5 Å². The molecule has 0 saturated carbocycles. The minimum absolute atomic E-state index is 0.0167. The van der Waals surface area contributed by atoms with Crippen LogP contribution in [0.3, 0.4) is 0 Å².